The normalized spacial score (nSPS) is 15.6. The first-order chi connectivity index (χ1) is 12.3. The zero-order valence-corrected chi connectivity index (χ0v) is 15.3. The van der Waals surface area contributed by atoms with E-state index in [1.165, 1.54) is 22.7 Å². The average molecular weight is 385 g/mol. The first-order valence-corrected chi connectivity index (χ1v) is 10.6. The summed E-state index contributed by atoms with van der Waals surface area (Å²) in [5, 5.41) is 2.88. The number of fused-ring (bicyclic) bond motifs is 1. The van der Waals surface area contributed by atoms with E-state index in [-0.39, 0.29) is 5.25 Å². The third-order valence-corrected chi connectivity index (χ3v) is 7.54. The molecular formula is C16H11N5OS3. The Hall–Kier alpha value is -1.94. The van der Waals surface area contributed by atoms with Crippen LogP contribution in [0.4, 0.5) is 0 Å². The molecule has 4 aromatic rings. The van der Waals surface area contributed by atoms with Crippen molar-refractivity contribution in [1.82, 2.24) is 24.9 Å². The molecule has 1 aliphatic carbocycles. The van der Waals surface area contributed by atoms with E-state index < -0.39 is 11.2 Å². The summed E-state index contributed by atoms with van der Waals surface area (Å²) in [7, 11) is 0. The number of hydrogen-bond acceptors (Lipinski definition) is 8. The predicted octanol–water partition coefficient (Wildman–Crippen LogP) is 3.54. The summed E-state index contributed by atoms with van der Waals surface area (Å²) in [5.41, 5.74) is 2.04. The van der Waals surface area contributed by atoms with Crippen molar-refractivity contribution in [2.75, 3.05) is 0 Å². The fraction of sp³-hybridized carbons (Fsp3) is 0.188. The van der Waals surface area contributed by atoms with Crippen LogP contribution in [0, 0.1) is 0 Å². The van der Waals surface area contributed by atoms with Crippen LogP contribution in [0.5, 0.6) is 0 Å². The van der Waals surface area contributed by atoms with Crippen LogP contribution in [-0.4, -0.2) is 34.7 Å². The standard InChI is InChI=1S/C16H11N5OS3/c22-25(9-4-5-9)16-20-12-11(10-3-1-2-6-17-10)19-13(21-14(12)24-16)15-18-7-8-23-15/h1-3,6-9H,4-5H2. The molecule has 0 bridgehead atoms. The quantitative estimate of drug-likeness (QED) is 0.499. The second-order valence-electron chi connectivity index (χ2n) is 5.58. The summed E-state index contributed by atoms with van der Waals surface area (Å²) < 4.78 is 13.1. The summed E-state index contributed by atoms with van der Waals surface area (Å²) in [5.74, 6) is 0.551. The van der Waals surface area contributed by atoms with Crippen molar-refractivity contribution in [2.45, 2.75) is 22.4 Å². The monoisotopic (exact) mass is 385 g/mol. The minimum atomic E-state index is -1.06. The van der Waals surface area contributed by atoms with Gasteiger partial charge < -0.3 is 4.55 Å². The van der Waals surface area contributed by atoms with E-state index in [0.29, 0.717) is 21.4 Å². The van der Waals surface area contributed by atoms with E-state index >= 15 is 0 Å². The van der Waals surface area contributed by atoms with Gasteiger partial charge in [-0.2, -0.15) is 4.98 Å². The van der Waals surface area contributed by atoms with Crippen molar-refractivity contribution >= 4 is 44.2 Å². The molecule has 9 heteroatoms. The van der Waals surface area contributed by atoms with E-state index in [1.54, 1.807) is 12.4 Å². The lowest BCUT2D eigenvalue weighted by molar-refractivity contribution is 0.593. The Morgan fingerprint density at radius 1 is 1.08 bits per heavy atom. The van der Waals surface area contributed by atoms with Crippen molar-refractivity contribution in [1.29, 1.82) is 0 Å². The molecule has 25 heavy (non-hydrogen) atoms. The maximum absolute atomic E-state index is 12.5. The summed E-state index contributed by atoms with van der Waals surface area (Å²) >= 11 is 1.81. The van der Waals surface area contributed by atoms with Gasteiger partial charge in [-0.25, -0.2) is 15.0 Å². The van der Waals surface area contributed by atoms with Gasteiger partial charge in [0.05, 0.1) is 5.69 Å². The second kappa shape index (κ2) is 6.10. The molecule has 124 valence electrons. The van der Waals surface area contributed by atoms with Crippen LogP contribution in [0.2, 0.25) is 0 Å². The Bertz CT molecular complexity index is 1030. The molecule has 0 amide bonds. The largest absolute Gasteiger partial charge is 0.609 e. The molecule has 5 rings (SSSR count). The van der Waals surface area contributed by atoms with Crippen molar-refractivity contribution in [3.63, 3.8) is 0 Å². The number of hydrogen-bond donors (Lipinski definition) is 0. The number of pyridine rings is 1. The summed E-state index contributed by atoms with van der Waals surface area (Å²) in [6.45, 7) is 0. The first-order valence-electron chi connectivity index (χ1n) is 7.70. The first kappa shape index (κ1) is 15.3. The SMILES string of the molecule is [O-][S+](c1nc2c(-c3ccccn3)nc(-c3nccs3)nc2s1)C1CC1. The molecule has 0 aliphatic heterocycles. The van der Waals surface area contributed by atoms with Gasteiger partial charge in [-0.15, -0.1) is 11.3 Å². The fourth-order valence-electron chi connectivity index (χ4n) is 2.42. The second-order valence-corrected chi connectivity index (χ2v) is 9.36. The molecule has 0 radical (unpaired) electrons. The lowest BCUT2D eigenvalue weighted by Gasteiger charge is -2.03. The van der Waals surface area contributed by atoms with Crippen molar-refractivity contribution in [3.8, 4) is 22.2 Å². The van der Waals surface area contributed by atoms with Gasteiger partial charge in [0.15, 0.2) is 15.7 Å². The molecule has 0 saturated heterocycles. The maximum atomic E-state index is 12.5. The van der Waals surface area contributed by atoms with Gasteiger partial charge in [0.2, 0.25) is 0 Å². The minimum Gasteiger partial charge on any atom is -0.609 e. The predicted molar refractivity (Wildman–Crippen MR) is 99.0 cm³/mol. The van der Waals surface area contributed by atoms with Crippen LogP contribution >= 0.6 is 22.7 Å². The van der Waals surface area contributed by atoms with Crippen LogP contribution in [0.15, 0.2) is 40.3 Å². The minimum absolute atomic E-state index is 0.241. The van der Waals surface area contributed by atoms with Crippen molar-refractivity contribution < 1.29 is 4.55 Å². The number of aromatic nitrogens is 5. The molecule has 1 unspecified atom stereocenters. The topological polar surface area (TPSA) is 87.5 Å². The number of thiazole rings is 2. The highest BCUT2D eigenvalue weighted by Gasteiger charge is 2.38. The van der Waals surface area contributed by atoms with Crippen LogP contribution in [0.3, 0.4) is 0 Å². The average Bonchev–Trinajstić information content (AvgIpc) is 3.18. The molecule has 1 saturated carbocycles. The Morgan fingerprint density at radius 3 is 2.72 bits per heavy atom. The third-order valence-electron chi connectivity index (χ3n) is 3.77. The summed E-state index contributed by atoms with van der Waals surface area (Å²) in [4.78, 5) is 23.3. The van der Waals surface area contributed by atoms with Gasteiger partial charge in [-0.3, -0.25) is 4.98 Å². The van der Waals surface area contributed by atoms with E-state index in [2.05, 4.69) is 24.9 Å². The lowest BCUT2D eigenvalue weighted by Crippen LogP contribution is -2.06. The van der Waals surface area contributed by atoms with Crippen LogP contribution in [0.1, 0.15) is 12.8 Å². The van der Waals surface area contributed by atoms with Gasteiger partial charge in [0, 0.05) is 41.8 Å². The molecule has 1 atom stereocenters. The van der Waals surface area contributed by atoms with Crippen LogP contribution in [-0.2, 0) is 11.2 Å². The van der Waals surface area contributed by atoms with Crippen molar-refractivity contribution in [3.05, 3.63) is 36.0 Å². The molecule has 0 N–H and O–H groups in total. The molecule has 4 aromatic heterocycles. The van der Waals surface area contributed by atoms with Crippen LogP contribution in [0.25, 0.3) is 32.6 Å². The highest BCUT2D eigenvalue weighted by Crippen LogP contribution is 2.38. The molecule has 4 heterocycles. The number of nitrogens with zero attached hydrogens (tertiary/aromatic N) is 5. The highest BCUT2D eigenvalue weighted by atomic mass is 32.2. The zero-order valence-electron chi connectivity index (χ0n) is 12.8. The summed E-state index contributed by atoms with van der Waals surface area (Å²) in [6.07, 6.45) is 5.47. The molecule has 6 nitrogen and oxygen atoms in total. The smallest absolute Gasteiger partial charge is 0.304 e. The van der Waals surface area contributed by atoms with Gasteiger partial charge >= 0.3 is 4.34 Å². The summed E-state index contributed by atoms with van der Waals surface area (Å²) in [6, 6.07) is 5.66. The molecule has 0 spiro atoms. The Kier molecular flexibility index (Phi) is 3.74. The van der Waals surface area contributed by atoms with Gasteiger partial charge in [-0.1, -0.05) is 6.07 Å². The van der Waals surface area contributed by atoms with Crippen LogP contribution < -0.4 is 0 Å². The van der Waals surface area contributed by atoms with Gasteiger partial charge in [0.1, 0.15) is 16.5 Å². The molecular weight excluding hydrogens is 374 g/mol. The van der Waals surface area contributed by atoms with E-state index in [1.807, 2.05) is 23.6 Å². The van der Waals surface area contributed by atoms with E-state index in [9.17, 15) is 4.55 Å². The molecule has 0 aromatic carbocycles. The van der Waals surface area contributed by atoms with E-state index in [0.717, 1.165) is 28.4 Å². The third kappa shape index (κ3) is 2.82. The van der Waals surface area contributed by atoms with Gasteiger partial charge in [-0.05, 0) is 23.5 Å². The van der Waals surface area contributed by atoms with E-state index in [4.69, 9.17) is 0 Å². The zero-order chi connectivity index (χ0) is 16.8. The van der Waals surface area contributed by atoms with Gasteiger partial charge in [0.25, 0.3) is 0 Å². The van der Waals surface area contributed by atoms with Crippen molar-refractivity contribution in [2.24, 2.45) is 0 Å². The fourth-order valence-corrected chi connectivity index (χ4v) is 5.67. The highest BCUT2D eigenvalue weighted by molar-refractivity contribution is 7.94. The Morgan fingerprint density at radius 2 is 2.00 bits per heavy atom. The maximum Gasteiger partial charge on any atom is 0.304 e. The Balaban J connectivity index is 1.73. The Labute approximate surface area is 154 Å². The lowest BCUT2D eigenvalue weighted by atomic mass is 10.2. The molecule has 1 aliphatic rings. The number of rotatable bonds is 4. The molecule has 1 fully saturated rings.